The van der Waals surface area contributed by atoms with E-state index in [0.717, 1.165) is 89.3 Å². The summed E-state index contributed by atoms with van der Waals surface area (Å²) in [5, 5.41) is 31.8. The molecule has 0 aliphatic heterocycles. The number of nitrogens with two attached hydrogens (primary N) is 1. The van der Waals surface area contributed by atoms with E-state index in [1.165, 1.54) is 58.3 Å². The maximum absolute atomic E-state index is 12.5. The quantitative estimate of drug-likeness (QED) is 0.0337. The molecule has 0 fully saturated rings. The van der Waals surface area contributed by atoms with Gasteiger partial charge in [-0.1, -0.05) is 127 Å². The molecular weight excluding hydrogens is 1050 g/mol. The van der Waals surface area contributed by atoms with E-state index in [1.54, 1.807) is 13.8 Å². The zero-order chi connectivity index (χ0) is 59.1. The minimum absolute atomic E-state index is 0.00322. The number of carboxylic acid groups (broad SMARTS) is 1. The van der Waals surface area contributed by atoms with E-state index in [9.17, 15) is 51.9 Å². The van der Waals surface area contributed by atoms with Crippen molar-refractivity contribution in [2.75, 3.05) is 51.0 Å². The van der Waals surface area contributed by atoms with E-state index >= 15 is 0 Å². The van der Waals surface area contributed by atoms with Gasteiger partial charge >= 0.3 is 5.97 Å². The van der Waals surface area contributed by atoms with Crippen molar-refractivity contribution in [1.29, 1.82) is 0 Å². The molecule has 1 rings (SSSR count). The molecule has 22 heteroatoms. The molecule has 0 aliphatic rings. The first-order chi connectivity index (χ1) is 38.3. The number of hydrogen-bond acceptors (Lipinski definition) is 16. The van der Waals surface area contributed by atoms with Crippen LogP contribution >= 0.6 is 0 Å². The van der Waals surface area contributed by atoms with Crippen molar-refractivity contribution in [1.82, 2.24) is 36.6 Å². The lowest BCUT2D eigenvalue weighted by Crippen LogP contribution is -2.42. The van der Waals surface area contributed by atoms with Crippen molar-refractivity contribution in [2.45, 2.75) is 257 Å². The summed E-state index contributed by atoms with van der Waals surface area (Å²) >= 11 is 0. The molecule has 460 valence electrons. The number of aromatic nitrogens is 4. The number of carbonyl (C=O) groups is 8. The summed E-state index contributed by atoms with van der Waals surface area (Å²) in [6.45, 7) is 6.24. The second-order valence-electron chi connectivity index (χ2n) is 22.2. The van der Waals surface area contributed by atoms with Gasteiger partial charge in [-0.3, -0.25) is 33.6 Å². The van der Waals surface area contributed by atoms with Gasteiger partial charge in [0.05, 0.1) is 24.5 Å². The van der Waals surface area contributed by atoms with Crippen LogP contribution in [-0.2, 0) is 64.1 Å². The molecule has 1 aromatic rings. The van der Waals surface area contributed by atoms with Gasteiger partial charge in [-0.25, -0.2) is 13.2 Å². The first-order valence-electron chi connectivity index (χ1n) is 30.3. The van der Waals surface area contributed by atoms with Crippen molar-refractivity contribution >= 4 is 56.7 Å². The molecule has 0 unspecified atom stereocenters. The van der Waals surface area contributed by atoms with Gasteiger partial charge in [0.25, 0.3) is 0 Å². The maximum Gasteiger partial charge on any atom is 0.326 e. The topological polar surface area (TPSA) is 326 Å². The fourth-order valence-electron chi connectivity index (χ4n) is 9.09. The Morgan fingerprint density at radius 2 is 1.10 bits per heavy atom. The van der Waals surface area contributed by atoms with Gasteiger partial charge in [0.1, 0.15) is 35.8 Å². The van der Waals surface area contributed by atoms with E-state index in [1.807, 2.05) is 0 Å². The second-order valence-corrected chi connectivity index (χ2v) is 24.4. The van der Waals surface area contributed by atoms with Gasteiger partial charge < -0.3 is 36.3 Å². The molecule has 1 aromatic heterocycles. The van der Waals surface area contributed by atoms with Crippen LogP contribution in [0.3, 0.4) is 0 Å². The number of Topliss-reactive ketones (excluding diaryl/α,β-unsaturated/α-hetero) is 4. The predicted molar refractivity (Wildman–Crippen MR) is 308 cm³/mol. The fraction of sp³-hybridized carbons (Fsp3) is 0.845. The molecule has 2 atom stereocenters. The Labute approximate surface area is 478 Å². The Kier molecular flexibility index (Phi) is 43.2. The molecular formula is C58H104N8O13S. The number of carboxylic acids is 1. The number of ketones is 4. The number of nitrogens with zero attached hydrogens (tertiary/aromatic N) is 3. The van der Waals surface area contributed by atoms with Crippen molar-refractivity contribution < 1.29 is 61.4 Å². The molecule has 0 radical (unpaired) electrons. The summed E-state index contributed by atoms with van der Waals surface area (Å²) in [6, 6.07) is -1.14. The number of aliphatic carboxylic acids is 1. The third-order valence-corrected chi connectivity index (χ3v) is 15.8. The number of tetrazole rings is 1. The number of aromatic amines is 1. The van der Waals surface area contributed by atoms with Crippen LogP contribution in [0, 0.1) is 5.92 Å². The summed E-state index contributed by atoms with van der Waals surface area (Å²) in [4.78, 5) is 97.4. The van der Waals surface area contributed by atoms with Gasteiger partial charge in [0.15, 0.2) is 21.4 Å². The minimum Gasteiger partial charge on any atom is -0.480 e. The number of hydrogen-bond donors (Lipinski definition) is 6. The maximum atomic E-state index is 12.5. The lowest BCUT2D eigenvalue weighted by molar-refractivity contribution is -0.142. The number of ether oxygens (including phenoxy) is 2. The highest BCUT2D eigenvalue weighted by molar-refractivity contribution is 7.92. The number of aryl methyl sites for hydroxylation is 1. The molecule has 0 saturated carbocycles. The first kappa shape index (κ1) is 73.5. The summed E-state index contributed by atoms with van der Waals surface area (Å²) in [6.07, 6.45) is 27.6. The molecule has 0 spiro atoms. The average molecular weight is 1150 g/mol. The highest BCUT2D eigenvalue weighted by Gasteiger charge is 2.27. The number of nitrogens with one attached hydrogen (secondary N) is 4. The van der Waals surface area contributed by atoms with E-state index < -0.39 is 33.1 Å². The molecule has 0 saturated heterocycles. The molecule has 21 nitrogen and oxygen atoms in total. The van der Waals surface area contributed by atoms with E-state index in [2.05, 4.69) is 36.6 Å². The predicted octanol–water partition coefficient (Wildman–Crippen LogP) is 7.91. The number of H-pyrrole nitrogens is 1. The smallest absolute Gasteiger partial charge is 0.326 e. The standard InChI is InChI=1S/C58H104N8O13S/c1-47(67)48(44-52(70)58(2,3)59)30-25-27-39-61-56(73)45-79-42-41-78-40-28-32-49(68)36-37-51(57(74)75)62-55(72)34-24-20-16-12-9-13-17-21-26-38-60-54(71)35-29-43-80(76,77)46-50(69)31-22-18-14-10-7-5-4-6-8-11-15-19-23-33-53-63-65-66-64-53/h48,51H,4-46,59H2,1-3H3,(H,60,71)(H,61,73)(H,62,72)(H,74,75)(H,63,64,65,66)/t48-,51-/m1/s1. The monoisotopic (exact) mass is 1150 g/mol. The first-order valence-corrected chi connectivity index (χ1v) is 32.1. The van der Waals surface area contributed by atoms with Gasteiger partial charge in [0, 0.05) is 70.6 Å². The SMILES string of the molecule is CC(=O)[C@H](CCCCNC(=O)COCCOCCCC(=O)CC[C@@H](NC(=O)CCCCCCCCCCCNC(=O)CCCS(=O)(=O)CC(=O)CCCCCCCCCCCCCCCc1nn[nH]n1)C(=O)O)CC(=O)C(C)(C)N. The minimum atomic E-state index is -3.53. The third-order valence-electron chi connectivity index (χ3n) is 14.1. The van der Waals surface area contributed by atoms with Crippen molar-refractivity contribution in [3.63, 3.8) is 0 Å². The normalized spacial score (nSPS) is 12.4. The van der Waals surface area contributed by atoms with Crippen LogP contribution in [0.25, 0.3) is 0 Å². The highest BCUT2D eigenvalue weighted by Crippen LogP contribution is 2.19. The van der Waals surface area contributed by atoms with Gasteiger partial charge in [0.2, 0.25) is 17.7 Å². The molecule has 0 aromatic carbocycles. The van der Waals surface area contributed by atoms with Crippen LogP contribution in [0.15, 0.2) is 0 Å². The van der Waals surface area contributed by atoms with E-state index in [4.69, 9.17) is 15.2 Å². The molecule has 0 aliphatic carbocycles. The zero-order valence-electron chi connectivity index (χ0n) is 49.2. The largest absolute Gasteiger partial charge is 0.480 e. The van der Waals surface area contributed by atoms with E-state index in [-0.39, 0.29) is 124 Å². The number of sulfone groups is 1. The number of rotatable bonds is 57. The Morgan fingerprint density at radius 3 is 1.66 bits per heavy atom. The fourth-order valence-corrected chi connectivity index (χ4v) is 10.4. The van der Waals surface area contributed by atoms with Gasteiger partial charge in [-0.15, -0.1) is 10.2 Å². The molecule has 3 amide bonds. The average Bonchev–Trinajstić information content (AvgIpc) is 3.92. The van der Waals surface area contributed by atoms with Crippen LogP contribution in [0.4, 0.5) is 0 Å². The summed E-state index contributed by atoms with van der Waals surface area (Å²) in [5.74, 6) is -2.77. The van der Waals surface area contributed by atoms with Crippen LogP contribution in [-0.4, -0.2) is 144 Å². The Hall–Kier alpha value is -4.54. The molecule has 0 bridgehead atoms. The molecule has 80 heavy (non-hydrogen) atoms. The summed E-state index contributed by atoms with van der Waals surface area (Å²) in [5.41, 5.74) is 4.87. The third kappa shape index (κ3) is 44.2. The molecule has 1 heterocycles. The van der Waals surface area contributed by atoms with Crippen LogP contribution in [0.5, 0.6) is 0 Å². The summed E-state index contributed by atoms with van der Waals surface area (Å²) in [7, 11) is -3.53. The van der Waals surface area contributed by atoms with Crippen LogP contribution < -0.4 is 21.7 Å². The highest BCUT2D eigenvalue weighted by atomic mass is 32.2. The zero-order valence-corrected chi connectivity index (χ0v) is 50.1. The summed E-state index contributed by atoms with van der Waals surface area (Å²) < 4.78 is 35.8. The molecule has 7 N–H and O–H groups in total. The van der Waals surface area contributed by atoms with Crippen molar-refractivity contribution in [3.05, 3.63) is 5.82 Å². The Bertz CT molecular complexity index is 1980. The lowest BCUT2D eigenvalue weighted by Gasteiger charge is -2.20. The Balaban J connectivity index is 1.94. The van der Waals surface area contributed by atoms with Gasteiger partial charge in [-0.05, 0) is 78.6 Å². The van der Waals surface area contributed by atoms with Crippen LogP contribution in [0.2, 0.25) is 0 Å². The van der Waals surface area contributed by atoms with Gasteiger partial charge in [-0.2, -0.15) is 5.21 Å². The van der Waals surface area contributed by atoms with Crippen molar-refractivity contribution in [2.24, 2.45) is 11.7 Å². The Morgan fingerprint density at radius 1 is 0.588 bits per heavy atom. The number of carbonyl (C=O) groups excluding carboxylic acids is 7. The number of amides is 3. The number of unbranched alkanes of at least 4 members (excludes halogenated alkanes) is 21. The van der Waals surface area contributed by atoms with Crippen LogP contribution in [0.1, 0.15) is 245 Å². The van der Waals surface area contributed by atoms with Crippen molar-refractivity contribution in [3.8, 4) is 0 Å². The van der Waals surface area contributed by atoms with E-state index in [0.29, 0.717) is 58.2 Å². The second kappa shape index (κ2) is 47.0. The lowest BCUT2D eigenvalue weighted by atomic mass is 9.87.